The summed E-state index contributed by atoms with van der Waals surface area (Å²) < 4.78 is 4.78. The molecule has 0 aliphatic carbocycles. The normalized spacial score (nSPS) is 20.5. The molecular formula is C13H24N4O. The second-order valence-corrected chi connectivity index (χ2v) is 5.24. The lowest BCUT2D eigenvalue weighted by Crippen LogP contribution is -2.38. The van der Waals surface area contributed by atoms with E-state index in [1.54, 1.807) is 0 Å². The molecule has 1 saturated heterocycles. The van der Waals surface area contributed by atoms with E-state index in [0.29, 0.717) is 0 Å². The Morgan fingerprint density at radius 2 is 2.33 bits per heavy atom. The minimum absolute atomic E-state index is 0.769. The van der Waals surface area contributed by atoms with Crippen molar-refractivity contribution in [3.8, 4) is 0 Å². The maximum absolute atomic E-state index is 4.78. The van der Waals surface area contributed by atoms with Gasteiger partial charge in [0.15, 0.2) is 0 Å². The zero-order valence-corrected chi connectivity index (χ0v) is 11.5. The highest BCUT2D eigenvalue weighted by Crippen LogP contribution is 2.14. The molecular weight excluding hydrogens is 228 g/mol. The highest BCUT2D eigenvalue weighted by Gasteiger charge is 2.18. The summed E-state index contributed by atoms with van der Waals surface area (Å²) in [6.45, 7) is 9.63. The molecule has 2 heterocycles. The molecule has 0 spiro atoms. The Hall–Kier alpha value is -0.940. The zero-order chi connectivity index (χ0) is 12.8. The van der Waals surface area contributed by atoms with Gasteiger partial charge in [-0.15, -0.1) is 0 Å². The van der Waals surface area contributed by atoms with Gasteiger partial charge in [-0.2, -0.15) is 0 Å². The molecule has 5 heteroatoms. The van der Waals surface area contributed by atoms with E-state index >= 15 is 0 Å². The third kappa shape index (κ3) is 3.78. The van der Waals surface area contributed by atoms with E-state index in [0.717, 1.165) is 43.5 Å². The molecule has 102 valence electrons. The Bertz CT molecular complexity index is 347. The molecule has 5 nitrogen and oxygen atoms in total. The molecule has 1 N–H and O–H groups in total. The van der Waals surface area contributed by atoms with Crippen LogP contribution in [0.15, 0.2) is 4.63 Å². The van der Waals surface area contributed by atoms with Crippen LogP contribution >= 0.6 is 0 Å². The van der Waals surface area contributed by atoms with E-state index < -0.39 is 0 Å². The van der Waals surface area contributed by atoms with Crippen LogP contribution in [0.1, 0.15) is 37.6 Å². The van der Waals surface area contributed by atoms with Crippen molar-refractivity contribution < 1.29 is 4.63 Å². The van der Waals surface area contributed by atoms with Gasteiger partial charge >= 0.3 is 0 Å². The van der Waals surface area contributed by atoms with Gasteiger partial charge in [0.05, 0.1) is 0 Å². The first-order chi connectivity index (χ1) is 8.79. The minimum atomic E-state index is 0.769. The minimum Gasteiger partial charge on any atom is -0.316 e. The van der Waals surface area contributed by atoms with Crippen LogP contribution in [0.25, 0.3) is 0 Å². The molecule has 18 heavy (non-hydrogen) atoms. The van der Waals surface area contributed by atoms with Crippen LogP contribution in [0.5, 0.6) is 0 Å². The van der Waals surface area contributed by atoms with Gasteiger partial charge in [-0.25, -0.2) is 4.63 Å². The Balaban J connectivity index is 1.88. The summed E-state index contributed by atoms with van der Waals surface area (Å²) >= 11 is 0. The lowest BCUT2D eigenvalue weighted by Gasteiger charge is -2.29. The first kappa shape index (κ1) is 13.5. The summed E-state index contributed by atoms with van der Waals surface area (Å²) in [6.07, 6.45) is 3.81. The van der Waals surface area contributed by atoms with Crippen molar-refractivity contribution in [2.75, 3.05) is 26.2 Å². The first-order valence-corrected chi connectivity index (χ1v) is 7.00. The van der Waals surface area contributed by atoms with Crippen LogP contribution in [0.2, 0.25) is 0 Å². The Morgan fingerprint density at radius 1 is 1.44 bits per heavy atom. The molecule has 0 bridgehead atoms. The van der Waals surface area contributed by atoms with Gasteiger partial charge in [0.1, 0.15) is 11.4 Å². The summed E-state index contributed by atoms with van der Waals surface area (Å²) in [5.74, 6) is 0.769. The van der Waals surface area contributed by atoms with Gasteiger partial charge in [-0.3, -0.25) is 4.90 Å². The van der Waals surface area contributed by atoms with Gasteiger partial charge in [0.25, 0.3) is 0 Å². The second kappa shape index (κ2) is 6.85. The van der Waals surface area contributed by atoms with Crippen LogP contribution in [0, 0.1) is 12.8 Å². The van der Waals surface area contributed by atoms with Crippen molar-refractivity contribution in [3.05, 3.63) is 11.4 Å². The molecule has 0 saturated carbocycles. The van der Waals surface area contributed by atoms with Crippen molar-refractivity contribution in [2.45, 2.75) is 39.7 Å². The van der Waals surface area contributed by atoms with Crippen LogP contribution in [0.4, 0.5) is 0 Å². The number of hydrogen-bond donors (Lipinski definition) is 1. The van der Waals surface area contributed by atoms with E-state index in [4.69, 9.17) is 4.63 Å². The number of nitrogens with one attached hydrogen (secondary N) is 1. The summed E-state index contributed by atoms with van der Waals surface area (Å²) in [6, 6.07) is 0. The Morgan fingerprint density at radius 3 is 2.94 bits per heavy atom. The van der Waals surface area contributed by atoms with E-state index in [1.165, 1.54) is 25.8 Å². The molecule has 0 amide bonds. The third-order valence-electron chi connectivity index (χ3n) is 3.57. The smallest absolute Gasteiger partial charge is 0.122 e. The maximum Gasteiger partial charge on any atom is 0.122 e. The molecule has 1 aliphatic heterocycles. The summed E-state index contributed by atoms with van der Waals surface area (Å²) in [5.41, 5.74) is 1.89. The van der Waals surface area contributed by atoms with Gasteiger partial charge in [0.2, 0.25) is 0 Å². The molecule has 0 aromatic carbocycles. The molecule has 1 unspecified atom stereocenters. The number of aryl methyl sites for hydroxylation is 1. The highest BCUT2D eigenvalue weighted by molar-refractivity contribution is 5.04. The average Bonchev–Trinajstić information content (AvgIpc) is 2.77. The van der Waals surface area contributed by atoms with Gasteiger partial charge in [-0.1, -0.05) is 17.2 Å². The number of piperidine rings is 1. The van der Waals surface area contributed by atoms with Crippen molar-refractivity contribution in [2.24, 2.45) is 5.92 Å². The SMILES string of the molecule is CCCN(Cc1nonc1C)CC1CCCNC1. The number of aromatic nitrogens is 2. The van der Waals surface area contributed by atoms with Crippen molar-refractivity contribution in [3.63, 3.8) is 0 Å². The highest BCUT2D eigenvalue weighted by atomic mass is 16.6. The van der Waals surface area contributed by atoms with Crippen LogP contribution in [0.3, 0.4) is 0 Å². The monoisotopic (exact) mass is 252 g/mol. The number of rotatable bonds is 6. The van der Waals surface area contributed by atoms with E-state index in [1.807, 2.05) is 6.92 Å². The maximum atomic E-state index is 4.78. The van der Waals surface area contributed by atoms with Crippen LogP contribution in [-0.2, 0) is 6.54 Å². The lowest BCUT2D eigenvalue weighted by molar-refractivity contribution is 0.195. The number of hydrogen-bond acceptors (Lipinski definition) is 5. The average molecular weight is 252 g/mol. The van der Waals surface area contributed by atoms with Crippen molar-refractivity contribution in [1.29, 1.82) is 0 Å². The quantitative estimate of drug-likeness (QED) is 0.833. The topological polar surface area (TPSA) is 54.2 Å². The molecule has 1 aliphatic rings. The van der Waals surface area contributed by atoms with Gasteiger partial charge < -0.3 is 5.32 Å². The fourth-order valence-corrected chi connectivity index (χ4v) is 2.60. The van der Waals surface area contributed by atoms with E-state index in [9.17, 15) is 0 Å². The lowest BCUT2D eigenvalue weighted by atomic mass is 9.99. The predicted octanol–water partition coefficient (Wildman–Crippen LogP) is 1.59. The Kier molecular flexibility index (Phi) is 5.13. The van der Waals surface area contributed by atoms with E-state index in [2.05, 4.69) is 27.5 Å². The van der Waals surface area contributed by atoms with Crippen molar-refractivity contribution in [1.82, 2.24) is 20.5 Å². The molecule has 1 aromatic rings. The number of nitrogens with zero attached hydrogens (tertiary/aromatic N) is 3. The summed E-state index contributed by atoms with van der Waals surface area (Å²) in [4.78, 5) is 2.48. The fourth-order valence-electron chi connectivity index (χ4n) is 2.60. The summed E-state index contributed by atoms with van der Waals surface area (Å²) in [5, 5.41) is 11.3. The molecule has 1 atom stereocenters. The standard InChI is InChI=1S/C13H24N4O/c1-3-7-17(9-12-5-4-6-14-8-12)10-13-11(2)15-18-16-13/h12,14H,3-10H2,1-2H3. The largest absolute Gasteiger partial charge is 0.316 e. The van der Waals surface area contributed by atoms with Crippen LogP contribution < -0.4 is 5.32 Å². The molecule has 2 rings (SSSR count). The van der Waals surface area contributed by atoms with Gasteiger partial charge in [-0.05, 0) is 51.7 Å². The second-order valence-electron chi connectivity index (χ2n) is 5.24. The summed E-state index contributed by atoms with van der Waals surface area (Å²) in [7, 11) is 0. The predicted molar refractivity (Wildman–Crippen MR) is 70.2 cm³/mol. The third-order valence-corrected chi connectivity index (χ3v) is 3.57. The van der Waals surface area contributed by atoms with Crippen molar-refractivity contribution >= 4 is 0 Å². The molecule has 0 radical (unpaired) electrons. The molecule has 1 fully saturated rings. The van der Waals surface area contributed by atoms with Crippen LogP contribution in [-0.4, -0.2) is 41.4 Å². The van der Waals surface area contributed by atoms with Gasteiger partial charge in [0, 0.05) is 13.1 Å². The zero-order valence-electron chi connectivity index (χ0n) is 11.5. The molecule has 1 aromatic heterocycles. The fraction of sp³-hybridized carbons (Fsp3) is 0.846. The van der Waals surface area contributed by atoms with E-state index in [-0.39, 0.29) is 0 Å². The Labute approximate surface area is 109 Å². The first-order valence-electron chi connectivity index (χ1n) is 7.00.